The first-order valence-corrected chi connectivity index (χ1v) is 7.77. The van der Waals surface area contributed by atoms with Crippen molar-refractivity contribution in [2.24, 2.45) is 0 Å². The fourth-order valence-corrected chi connectivity index (χ4v) is 4.22. The summed E-state index contributed by atoms with van der Waals surface area (Å²) in [5.74, 6) is 0.233. The summed E-state index contributed by atoms with van der Waals surface area (Å²) in [5, 5.41) is 0. The van der Waals surface area contributed by atoms with Crippen LogP contribution in [-0.4, -0.2) is 57.0 Å². The molecule has 0 unspecified atom stereocenters. The zero-order chi connectivity index (χ0) is 12.5. The molecule has 0 aromatic carbocycles. The van der Waals surface area contributed by atoms with Crippen LogP contribution in [0.1, 0.15) is 26.2 Å². The van der Waals surface area contributed by atoms with Crippen molar-refractivity contribution in [3.05, 3.63) is 0 Å². The lowest BCUT2D eigenvalue weighted by atomic mass is 9.86. The summed E-state index contributed by atoms with van der Waals surface area (Å²) >= 11 is 0. The number of rotatable bonds is 4. The zero-order valence-corrected chi connectivity index (χ0v) is 11.3. The van der Waals surface area contributed by atoms with Crippen LogP contribution in [0.4, 0.5) is 0 Å². The largest absolute Gasteiger partial charge is 0.381 e. The quantitative estimate of drug-likeness (QED) is 0.745. The molecule has 0 aromatic rings. The van der Waals surface area contributed by atoms with E-state index in [-0.39, 0.29) is 17.5 Å². The third kappa shape index (κ3) is 2.65. The minimum Gasteiger partial charge on any atom is -0.381 e. The minimum atomic E-state index is -3.06. The monoisotopic (exact) mass is 263 g/mol. The third-order valence-electron chi connectivity index (χ3n) is 3.57. The van der Waals surface area contributed by atoms with Crippen molar-refractivity contribution in [1.29, 1.82) is 0 Å². The van der Waals surface area contributed by atoms with E-state index in [1.165, 1.54) is 4.31 Å². The van der Waals surface area contributed by atoms with Gasteiger partial charge in [-0.1, -0.05) is 6.92 Å². The van der Waals surface area contributed by atoms with Crippen molar-refractivity contribution >= 4 is 10.0 Å². The summed E-state index contributed by atoms with van der Waals surface area (Å²) in [6.45, 7) is 3.54. The van der Waals surface area contributed by atoms with Crippen LogP contribution in [0.5, 0.6) is 0 Å². The summed E-state index contributed by atoms with van der Waals surface area (Å²) in [6.07, 6.45) is 2.58. The Hall–Kier alpha value is -0.170. The van der Waals surface area contributed by atoms with Gasteiger partial charge in [0.15, 0.2) is 0 Å². The molecule has 0 N–H and O–H groups in total. The van der Waals surface area contributed by atoms with Crippen molar-refractivity contribution < 1.29 is 17.9 Å². The Bertz CT molecular complexity index is 362. The number of hydrogen-bond donors (Lipinski definition) is 0. The molecule has 2 saturated heterocycles. The summed E-state index contributed by atoms with van der Waals surface area (Å²) in [4.78, 5) is 0. The van der Waals surface area contributed by atoms with Crippen molar-refractivity contribution in [1.82, 2.24) is 4.31 Å². The van der Waals surface area contributed by atoms with Gasteiger partial charge in [0.25, 0.3) is 0 Å². The molecule has 1 spiro atoms. The Morgan fingerprint density at radius 2 is 2.18 bits per heavy atom. The lowest BCUT2D eigenvalue weighted by Crippen LogP contribution is -2.67. The van der Waals surface area contributed by atoms with Gasteiger partial charge in [0.1, 0.15) is 0 Å². The van der Waals surface area contributed by atoms with E-state index >= 15 is 0 Å². The standard InChI is InChI=1S/C11H21NO4S/c1-3-6-17(13,14)12-8-11(9-12)7-10(15-2)4-5-16-11/h10H,3-9H2,1-2H3/t10-/m1/s1. The molecule has 6 heteroatoms. The Morgan fingerprint density at radius 3 is 2.76 bits per heavy atom. The second-order valence-corrected chi connectivity index (χ2v) is 7.05. The predicted molar refractivity (Wildman–Crippen MR) is 64.4 cm³/mol. The lowest BCUT2D eigenvalue weighted by Gasteiger charge is -2.52. The van der Waals surface area contributed by atoms with E-state index < -0.39 is 10.0 Å². The van der Waals surface area contributed by atoms with E-state index in [4.69, 9.17) is 9.47 Å². The Morgan fingerprint density at radius 1 is 1.47 bits per heavy atom. The maximum absolute atomic E-state index is 11.8. The first-order chi connectivity index (χ1) is 8.01. The molecule has 0 radical (unpaired) electrons. The molecule has 5 nitrogen and oxygen atoms in total. The van der Waals surface area contributed by atoms with Gasteiger partial charge in [-0.15, -0.1) is 0 Å². The molecule has 1 atom stereocenters. The van der Waals surface area contributed by atoms with Crippen LogP contribution in [0.25, 0.3) is 0 Å². The highest BCUT2D eigenvalue weighted by Gasteiger charge is 2.51. The van der Waals surface area contributed by atoms with E-state index in [9.17, 15) is 8.42 Å². The maximum Gasteiger partial charge on any atom is 0.214 e. The van der Waals surface area contributed by atoms with Gasteiger partial charge in [0, 0.05) is 33.2 Å². The van der Waals surface area contributed by atoms with E-state index in [1.54, 1.807) is 7.11 Å². The summed E-state index contributed by atoms with van der Waals surface area (Å²) < 4.78 is 36.3. The van der Waals surface area contributed by atoms with E-state index in [2.05, 4.69) is 0 Å². The van der Waals surface area contributed by atoms with Gasteiger partial charge in [-0.25, -0.2) is 8.42 Å². The molecule has 2 fully saturated rings. The normalized spacial score (nSPS) is 29.2. The average Bonchev–Trinajstić information content (AvgIpc) is 2.25. The smallest absolute Gasteiger partial charge is 0.214 e. The predicted octanol–water partition coefficient (Wildman–Crippen LogP) is 0.606. The Kier molecular flexibility index (Phi) is 3.77. The van der Waals surface area contributed by atoms with Crippen molar-refractivity contribution in [3.63, 3.8) is 0 Å². The molecule has 0 aromatic heterocycles. The molecule has 0 bridgehead atoms. The van der Waals surface area contributed by atoms with E-state index in [0.717, 1.165) is 12.8 Å². The number of sulfonamides is 1. The highest BCUT2D eigenvalue weighted by atomic mass is 32.2. The molecule has 2 rings (SSSR count). The third-order valence-corrected chi connectivity index (χ3v) is 5.53. The average molecular weight is 263 g/mol. The van der Waals surface area contributed by atoms with Crippen LogP contribution in [0, 0.1) is 0 Å². The zero-order valence-electron chi connectivity index (χ0n) is 10.5. The molecule has 2 aliphatic rings. The van der Waals surface area contributed by atoms with Crippen LogP contribution >= 0.6 is 0 Å². The van der Waals surface area contributed by atoms with Gasteiger partial charge in [-0.2, -0.15) is 4.31 Å². The Labute approximate surface area is 103 Å². The van der Waals surface area contributed by atoms with Crippen LogP contribution in [-0.2, 0) is 19.5 Å². The fourth-order valence-electron chi connectivity index (χ4n) is 2.58. The SMILES string of the molecule is CCCS(=O)(=O)N1CC2(C[C@H](OC)CCO2)C1. The highest BCUT2D eigenvalue weighted by Crippen LogP contribution is 2.36. The van der Waals surface area contributed by atoms with E-state index in [1.807, 2.05) is 6.92 Å². The molecule has 2 heterocycles. The Balaban J connectivity index is 1.93. The molecule has 0 aliphatic carbocycles. The number of methoxy groups -OCH3 is 1. The lowest BCUT2D eigenvalue weighted by molar-refractivity contribution is -0.173. The van der Waals surface area contributed by atoms with Gasteiger partial charge >= 0.3 is 0 Å². The second kappa shape index (κ2) is 4.84. The summed E-state index contributed by atoms with van der Waals surface area (Å²) in [6, 6.07) is 0. The van der Waals surface area contributed by atoms with Gasteiger partial charge in [0.05, 0.1) is 17.5 Å². The van der Waals surface area contributed by atoms with Gasteiger partial charge < -0.3 is 9.47 Å². The van der Waals surface area contributed by atoms with Crippen LogP contribution in [0.2, 0.25) is 0 Å². The summed E-state index contributed by atoms with van der Waals surface area (Å²) in [7, 11) is -1.36. The first-order valence-electron chi connectivity index (χ1n) is 6.16. The molecule has 17 heavy (non-hydrogen) atoms. The maximum atomic E-state index is 11.8. The minimum absolute atomic E-state index is 0.208. The van der Waals surface area contributed by atoms with Crippen LogP contribution < -0.4 is 0 Å². The molecule has 2 aliphatic heterocycles. The number of nitrogens with zero attached hydrogens (tertiary/aromatic N) is 1. The fraction of sp³-hybridized carbons (Fsp3) is 1.00. The van der Waals surface area contributed by atoms with Crippen LogP contribution in [0.15, 0.2) is 0 Å². The molecular formula is C11H21NO4S. The van der Waals surface area contributed by atoms with Gasteiger partial charge in [-0.05, 0) is 12.8 Å². The van der Waals surface area contributed by atoms with Crippen molar-refractivity contribution in [3.8, 4) is 0 Å². The number of hydrogen-bond acceptors (Lipinski definition) is 4. The van der Waals surface area contributed by atoms with Gasteiger partial charge in [0.2, 0.25) is 10.0 Å². The first kappa shape index (κ1) is 13.3. The highest BCUT2D eigenvalue weighted by molar-refractivity contribution is 7.89. The molecule has 0 saturated carbocycles. The topological polar surface area (TPSA) is 55.8 Å². The molecular weight excluding hydrogens is 242 g/mol. The second-order valence-electron chi connectivity index (χ2n) is 4.97. The van der Waals surface area contributed by atoms with Crippen molar-refractivity contribution in [2.45, 2.75) is 37.9 Å². The van der Waals surface area contributed by atoms with Gasteiger partial charge in [-0.3, -0.25) is 0 Å². The summed E-state index contributed by atoms with van der Waals surface area (Å²) in [5.41, 5.74) is -0.278. The molecule has 0 amide bonds. The number of ether oxygens (including phenoxy) is 2. The van der Waals surface area contributed by atoms with Crippen molar-refractivity contribution in [2.75, 3.05) is 32.6 Å². The van der Waals surface area contributed by atoms with Crippen LogP contribution in [0.3, 0.4) is 0 Å². The van der Waals surface area contributed by atoms with E-state index in [0.29, 0.717) is 26.1 Å². The molecule has 100 valence electrons.